The van der Waals surface area contributed by atoms with Crippen LogP contribution in [0.1, 0.15) is 54.7 Å². The summed E-state index contributed by atoms with van der Waals surface area (Å²) in [6.07, 6.45) is 7.06. The topological polar surface area (TPSA) is 56.7 Å². The molecule has 1 aromatic rings. The van der Waals surface area contributed by atoms with Crippen molar-refractivity contribution in [3.8, 4) is 0 Å². The third-order valence-corrected chi connectivity index (χ3v) is 5.05. The summed E-state index contributed by atoms with van der Waals surface area (Å²) in [5.74, 6) is 0.0198. The molecule has 2 saturated heterocycles. The molecule has 2 aliphatic heterocycles. The molecule has 1 atom stereocenters. The number of nitrogens with zero attached hydrogens (tertiary/aromatic N) is 3. The summed E-state index contributed by atoms with van der Waals surface area (Å²) in [6, 6.07) is 5.64. The van der Waals surface area contributed by atoms with E-state index < -0.39 is 0 Å². The highest BCUT2D eigenvalue weighted by molar-refractivity contribution is 5.92. The van der Waals surface area contributed by atoms with Crippen molar-refractivity contribution in [2.24, 2.45) is 0 Å². The van der Waals surface area contributed by atoms with E-state index in [1.165, 1.54) is 32.4 Å². The first-order valence-corrected chi connectivity index (χ1v) is 8.88. The second kappa shape index (κ2) is 7.88. The molecule has 5 nitrogen and oxygen atoms in total. The lowest BCUT2D eigenvalue weighted by Crippen LogP contribution is -2.45. The Hall–Kier alpha value is -1.46. The van der Waals surface area contributed by atoms with Gasteiger partial charge in [0.25, 0.3) is 5.91 Å². The normalized spacial score (nSPS) is 22.5. The number of aromatic nitrogens is 1. The van der Waals surface area contributed by atoms with Crippen molar-refractivity contribution in [2.75, 3.05) is 26.2 Å². The molecule has 1 amide bonds. The minimum Gasteiger partial charge on any atom is -0.390 e. The van der Waals surface area contributed by atoms with Crippen molar-refractivity contribution in [3.05, 3.63) is 29.6 Å². The van der Waals surface area contributed by atoms with E-state index in [0.29, 0.717) is 17.4 Å². The van der Waals surface area contributed by atoms with Crippen molar-refractivity contribution in [1.82, 2.24) is 14.8 Å². The molecule has 3 rings (SSSR count). The van der Waals surface area contributed by atoms with E-state index in [-0.39, 0.29) is 12.5 Å². The van der Waals surface area contributed by atoms with E-state index in [0.717, 1.165) is 32.4 Å². The van der Waals surface area contributed by atoms with E-state index >= 15 is 0 Å². The highest BCUT2D eigenvalue weighted by atomic mass is 16.3. The molecule has 0 spiro atoms. The van der Waals surface area contributed by atoms with Crippen LogP contribution in [0.5, 0.6) is 0 Å². The van der Waals surface area contributed by atoms with Gasteiger partial charge in [-0.1, -0.05) is 6.07 Å². The van der Waals surface area contributed by atoms with Crippen LogP contribution in [0.3, 0.4) is 0 Å². The molecule has 0 aliphatic carbocycles. The maximum absolute atomic E-state index is 12.8. The SMILES string of the molecule is O=C(c1cccc(CO)n1)N1CCCC[C@@H]1CCN1CCCC1. The molecular formula is C18H27N3O2. The molecule has 1 N–H and O–H groups in total. The fourth-order valence-corrected chi connectivity index (χ4v) is 3.74. The Morgan fingerprint density at radius 2 is 1.96 bits per heavy atom. The summed E-state index contributed by atoms with van der Waals surface area (Å²) in [7, 11) is 0. The highest BCUT2D eigenvalue weighted by Crippen LogP contribution is 2.22. The Bertz CT molecular complexity index is 529. The summed E-state index contributed by atoms with van der Waals surface area (Å²) < 4.78 is 0. The number of carbonyl (C=O) groups is 1. The number of hydrogen-bond donors (Lipinski definition) is 1. The first-order valence-electron chi connectivity index (χ1n) is 8.88. The van der Waals surface area contributed by atoms with Gasteiger partial charge in [-0.05, 0) is 63.7 Å². The van der Waals surface area contributed by atoms with Crippen molar-refractivity contribution in [3.63, 3.8) is 0 Å². The van der Waals surface area contributed by atoms with Crippen LogP contribution < -0.4 is 0 Å². The minimum atomic E-state index is -0.125. The van der Waals surface area contributed by atoms with Crippen LogP contribution in [0, 0.1) is 0 Å². The number of carbonyl (C=O) groups excluding carboxylic acids is 1. The van der Waals surface area contributed by atoms with Gasteiger partial charge in [0.1, 0.15) is 5.69 Å². The van der Waals surface area contributed by atoms with Gasteiger partial charge in [0, 0.05) is 19.1 Å². The number of aliphatic hydroxyl groups excluding tert-OH is 1. The summed E-state index contributed by atoms with van der Waals surface area (Å²) >= 11 is 0. The predicted molar refractivity (Wildman–Crippen MR) is 89.1 cm³/mol. The van der Waals surface area contributed by atoms with Crippen LogP contribution in [-0.4, -0.2) is 58.0 Å². The van der Waals surface area contributed by atoms with Crippen molar-refractivity contribution < 1.29 is 9.90 Å². The van der Waals surface area contributed by atoms with Gasteiger partial charge in [-0.15, -0.1) is 0 Å². The standard InChI is InChI=1S/C18H27N3O2/c22-14-15-6-5-8-17(19-15)18(23)21-12-2-1-7-16(21)9-13-20-10-3-4-11-20/h5-6,8,16,22H,1-4,7,9-14H2/t16-/m1/s1. The Morgan fingerprint density at radius 3 is 2.74 bits per heavy atom. The van der Waals surface area contributed by atoms with E-state index in [4.69, 9.17) is 0 Å². The molecular weight excluding hydrogens is 290 g/mol. The van der Waals surface area contributed by atoms with E-state index in [1.807, 2.05) is 4.90 Å². The van der Waals surface area contributed by atoms with E-state index in [1.54, 1.807) is 18.2 Å². The molecule has 2 fully saturated rings. The largest absolute Gasteiger partial charge is 0.390 e. The Balaban J connectivity index is 1.65. The third kappa shape index (κ3) is 4.09. The molecule has 2 aliphatic rings. The quantitative estimate of drug-likeness (QED) is 0.903. The smallest absolute Gasteiger partial charge is 0.272 e. The zero-order valence-electron chi connectivity index (χ0n) is 13.8. The zero-order chi connectivity index (χ0) is 16.1. The van der Waals surface area contributed by atoms with Gasteiger partial charge < -0.3 is 14.9 Å². The number of hydrogen-bond acceptors (Lipinski definition) is 4. The number of rotatable bonds is 5. The van der Waals surface area contributed by atoms with Crippen LogP contribution >= 0.6 is 0 Å². The summed E-state index contributed by atoms with van der Waals surface area (Å²) in [5, 5.41) is 9.22. The number of piperidine rings is 1. The Morgan fingerprint density at radius 1 is 1.17 bits per heavy atom. The maximum Gasteiger partial charge on any atom is 0.272 e. The summed E-state index contributed by atoms with van der Waals surface area (Å²) in [5.41, 5.74) is 1.02. The Labute approximate surface area is 138 Å². The van der Waals surface area contributed by atoms with E-state index in [2.05, 4.69) is 9.88 Å². The monoisotopic (exact) mass is 317 g/mol. The van der Waals surface area contributed by atoms with Gasteiger partial charge in [-0.2, -0.15) is 0 Å². The molecule has 0 bridgehead atoms. The third-order valence-electron chi connectivity index (χ3n) is 5.05. The van der Waals surface area contributed by atoms with Gasteiger partial charge in [0.2, 0.25) is 0 Å². The summed E-state index contributed by atoms with van der Waals surface area (Å²) in [4.78, 5) is 21.7. The second-order valence-corrected chi connectivity index (χ2v) is 6.66. The van der Waals surface area contributed by atoms with E-state index in [9.17, 15) is 9.90 Å². The minimum absolute atomic E-state index is 0.0198. The molecule has 3 heterocycles. The average molecular weight is 317 g/mol. The maximum atomic E-state index is 12.8. The van der Waals surface area contributed by atoms with Crippen LogP contribution in [0.15, 0.2) is 18.2 Å². The molecule has 5 heteroatoms. The van der Waals surface area contributed by atoms with Gasteiger partial charge in [-0.3, -0.25) is 4.79 Å². The molecule has 0 radical (unpaired) electrons. The second-order valence-electron chi connectivity index (χ2n) is 6.66. The molecule has 0 unspecified atom stereocenters. The van der Waals surface area contributed by atoms with Crippen LogP contribution in [-0.2, 0) is 6.61 Å². The Kier molecular flexibility index (Phi) is 5.62. The fraction of sp³-hybridized carbons (Fsp3) is 0.667. The lowest BCUT2D eigenvalue weighted by Gasteiger charge is -2.36. The molecule has 1 aromatic heterocycles. The van der Waals surface area contributed by atoms with Crippen molar-refractivity contribution >= 4 is 5.91 Å². The van der Waals surface area contributed by atoms with Crippen molar-refractivity contribution in [2.45, 2.75) is 51.2 Å². The van der Waals surface area contributed by atoms with Gasteiger partial charge in [0.15, 0.2) is 0 Å². The number of pyridine rings is 1. The van der Waals surface area contributed by atoms with Gasteiger partial charge in [-0.25, -0.2) is 4.98 Å². The van der Waals surface area contributed by atoms with Gasteiger partial charge in [0.05, 0.1) is 12.3 Å². The highest BCUT2D eigenvalue weighted by Gasteiger charge is 2.28. The van der Waals surface area contributed by atoms with Crippen LogP contribution in [0.4, 0.5) is 0 Å². The predicted octanol–water partition coefficient (Wildman–Crippen LogP) is 2.05. The van der Waals surface area contributed by atoms with Crippen LogP contribution in [0.2, 0.25) is 0 Å². The first-order chi connectivity index (χ1) is 11.3. The average Bonchev–Trinajstić information content (AvgIpc) is 3.13. The van der Waals surface area contributed by atoms with Crippen LogP contribution in [0.25, 0.3) is 0 Å². The lowest BCUT2D eigenvalue weighted by molar-refractivity contribution is 0.0581. The number of likely N-dealkylation sites (tertiary alicyclic amines) is 2. The molecule has 0 saturated carbocycles. The summed E-state index contributed by atoms with van der Waals surface area (Å²) in [6.45, 7) is 4.22. The number of amides is 1. The fourth-order valence-electron chi connectivity index (χ4n) is 3.74. The zero-order valence-corrected chi connectivity index (χ0v) is 13.8. The molecule has 126 valence electrons. The number of aliphatic hydroxyl groups is 1. The first kappa shape index (κ1) is 16.4. The van der Waals surface area contributed by atoms with Crippen molar-refractivity contribution in [1.29, 1.82) is 0 Å². The van der Waals surface area contributed by atoms with Gasteiger partial charge >= 0.3 is 0 Å². The molecule has 0 aromatic carbocycles. The lowest BCUT2D eigenvalue weighted by atomic mass is 9.98. The molecule has 23 heavy (non-hydrogen) atoms.